The molecule has 0 unspecified atom stereocenters. The number of hydrogen-bond donors (Lipinski definition) is 0. The van der Waals surface area contributed by atoms with Gasteiger partial charge >= 0.3 is 0 Å². The molecule has 40 heavy (non-hydrogen) atoms. The first kappa shape index (κ1) is 27.5. The first-order valence-corrected chi connectivity index (χ1v) is 14.2. The second-order valence-corrected chi connectivity index (χ2v) is 12.2. The summed E-state index contributed by atoms with van der Waals surface area (Å²) in [5.41, 5.74) is 7.66. The fourth-order valence-corrected chi connectivity index (χ4v) is 5.69. The van der Waals surface area contributed by atoms with E-state index in [4.69, 9.17) is 9.98 Å². The molecule has 0 N–H and O–H groups in total. The Balaban J connectivity index is 1.37. The van der Waals surface area contributed by atoms with Crippen molar-refractivity contribution in [2.75, 3.05) is 0 Å². The fraction of sp³-hybridized carbons (Fsp3) is 0.250. The minimum absolute atomic E-state index is 0.349. The molecule has 1 aliphatic rings. The molecule has 1 aliphatic heterocycles. The van der Waals surface area contributed by atoms with E-state index >= 15 is 0 Å². The van der Waals surface area contributed by atoms with Gasteiger partial charge < -0.3 is 0 Å². The minimum atomic E-state index is 0.349. The van der Waals surface area contributed by atoms with E-state index < -0.39 is 0 Å². The molecule has 0 aromatic heterocycles. The van der Waals surface area contributed by atoms with Crippen LogP contribution in [0.5, 0.6) is 0 Å². The van der Waals surface area contributed by atoms with Crippen molar-refractivity contribution in [2.24, 2.45) is 25.8 Å². The van der Waals surface area contributed by atoms with Crippen molar-refractivity contribution < 1.29 is 0 Å². The number of aliphatic imine (C=N–C) groups is 3. The zero-order chi connectivity index (χ0) is 28.2. The van der Waals surface area contributed by atoms with Crippen molar-refractivity contribution in [2.45, 2.75) is 46.9 Å². The van der Waals surface area contributed by atoms with Crippen molar-refractivity contribution >= 4 is 30.6 Å². The van der Waals surface area contributed by atoms with Crippen LogP contribution in [-0.2, 0) is 6.54 Å². The molecule has 0 atom stereocenters. The van der Waals surface area contributed by atoms with E-state index in [1.54, 1.807) is 0 Å². The van der Waals surface area contributed by atoms with Gasteiger partial charge in [0.05, 0.1) is 6.54 Å². The third-order valence-corrected chi connectivity index (χ3v) is 8.83. The summed E-state index contributed by atoms with van der Waals surface area (Å²) in [5.74, 6) is 1.21. The highest BCUT2D eigenvalue weighted by molar-refractivity contribution is 6.74. The normalized spacial score (nSPS) is 16.6. The highest BCUT2D eigenvalue weighted by Crippen LogP contribution is 2.52. The van der Waals surface area contributed by atoms with Gasteiger partial charge in [-0.15, -0.1) is 0 Å². The number of benzene rings is 4. The summed E-state index contributed by atoms with van der Waals surface area (Å²) < 4.78 is 0. The summed E-state index contributed by atoms with van der Waals surface area (Å²) in [6.45, 7) is 14.6. The van der Waals surface area contributed by atoms with E-state index in [9.17, 15) is 0 Å². The van der Waals surface area contributed by atoms with Gasteiger partial charge in [0.15, 0.2) is 18.4 Å². The Morgan fingerprint density at radius 1 is 0.675 bits per heavy atom. The van der Waals surface area contributed by atoms with E-state index in [2.05, 4.69) is 87.9 Å². The maximum absolute atomic E-state index is 4.91. The molecule has 0 aliphatic carbocycles. The molecule has 200 valence electrons. The van der Waals surface area contributed by atoms with Crippen LogP contribution in [0.4, 0.5) is 0 Å². The maximum atomic E-state index is 4.91. The molecular formula is C36H38BN3. The van der Waals surface area contributed by atoms with Crippen LogP contribution in [0, 0.1) is 10.8 Å². The Morgan fingerprint density at radius 2 is 1.25 bits per heavy atom. The summed E-state index contributed by atoms with van der Waals surface area (Å²) in [6, 6.07) is 37.8. The van der Waals surface area contributed by atoms with E-state index in [-0.39, 0.29) is 0 Å². The lowest BCUT2D eigenvalue weighted by Crippen LogP contribution is -2.27. The van der Waals surface area contributed by atoms with Crippen molar-refractivity contribution in [3.63, 3.8) is 0 Å². The molecular weight excluding hydrogens is 485 g/mol. The molecule has 4 aromatic carbocycles. The molecule has 4 heteroatoms. The molecule has 0 bridgehead atoms. The third kappa shape index (κ3) is 6.07. The largest absolute Gasteiger partial charge is 0.261 e. The van der Waals surface area contributed by atoms with Gasteiger partial charge in [0.25, 0.3) is 0 Å². The number of hydrogen-bond acceptors (Lipinski definition) is 1. The Labute approximate surface area is 239 Å². The molecule has 1 fully saturated rings. The Bertz CT molecular complexity index is 1500. The van der Waals surface area contributed by atoms with Gasteiger partial charge in [-0.1, -0.05) is 155 Å². The molecule has 3 nitrogen and oxygen atoms in total. The van der Waals surface area contributed by atoms with Gasteiger partial charge in [-0.05, 0) is 34.2 Å². The number of amidine groups is 2. The van der Waals surface area contributed by atoms with Crippen molar-refractivity contribution in [3.05, 3.63) is 126 Å². The van der Waals surface area contributed by atoms with Crippen LogP contribution in [0.1, 0.15) is 44.4 Å². The van der Waals surface area contributed by atoms with Crippen molar-refractivity contribution in [1.29, 1.82) is 0 Å². The highest BCUT2D eigenvalue weighted by atomic mass is 15.0. The van der Waals surface area contributed by atoms with Crippen LogP contribution < -0.4 is 5.46 Å². The monoisotopic (exact) mass is 523 g/mol. The Kier molecular flexibility index (Phi) is 7.98. The smallest absolute Gasteiger partial charge is 0.176 e. The van der Waals surface area contributed by atoms with Gasteiger partial charge in [0.1, 0.15) is 0 Å². The van der Waals surface area contributed by atoms with Gasteiger partial charge in [0, 0.05) is 11.1 Å². The zero-order valence-electron chi connectivity index (χ0n) is 24.1. The van der Waals surface area contributed by atoms with E-state index in [0.29, 0.717) is 35.8 Å². The van der Waals surface area contributed by atoms with E-state index in [1.165, 1.54) is 29.2 Å². The summed E-state index contributed by atoms with van der Waals surface area (Å²) in [7, 11) is 0. The van der Waals surface area contributed by atoms with Gasteiger partial charge in [-0.2, -0.15) is 0 Å². The molecule has 5 rings (SSSR count). The first-order valence-electron chi connectivity index (χ1n) is 14.2. The molecule has 0 radical (unpaired) electrons. The van der Waals surface area contributed by atoms with E-state index in [0.717, 1.165) is 16.7 Å². The highest BCUT2D eigenvalue weighted by Gasteiger charge is 2.48. The predicted octanol–water partition coefficient (Wildman–Crippen LogP) is 8.22. The summed E-state index contributed by atoms with van der Waals surface area (Å²) >= 11 is 0. The van der Waals surface area contributed by atoms with Gasteiger partial charge in [0.2, 0.25) is 0 Å². The SMILES string of the molecule is C=N/C(=N\C(=N/Cc1ccc(-c2cccc(B3CC(C)(C)C(C)(C)C3)c2)cc1)c1ccccc1)c1ccccc1. The number of rotatable bonds is 6. The van der Waals surface area contributed by atoms with Crippen LogP contribution in [0.3, 0.4) is 0 Å². The fourth-order valence-electron chi connectivity index (χ4n) is 5.69. The van der Waals surface area contributed by atoms with Crippen LogP contribution in [-0.4, -0.2) is 25.1 Å². The van der Waals surface area contributed by atoms with E-state index in [1.807, 2.05) is 60.7 Å². The molecule has 0 spiro atoms. The molecule has 0 saturated carbocycles. The summed E-state index contributed by atoms with van der Waals surface area (Å²) in [4.78, 5) is 13.9. The molecule has 4 aromatic rings. The standard InChI is InChI=1S/C36H38BN3/c1-35(2)25-37(26-36(35,3)4)32-18-12-17-31(23-32)28-21-19-27(20-22-28)24-39-34(30-15-10-7-11-16-30)40-33(38-5)29-13-8-6-9-14-29/h6-23H,5,24-26H2,1-4H3/b39-34-,40-33-. The minimum Gasteiger partial charge on any atom is -0.261 e. The predicted molar refractivity (Wildman–Crippen MR) is 174 cm³/mol. The van der Waals surface area contributed by atoms with Crippen LogP contribution in [0.15, 0.2) is 124 Å². The lowest BCUT2D eigenvalue weighted by atomic mass is 9.42. The summed E-state index contributed by atoms with van der Waals surface area (Å²) in [6.07, 6.45) is 2.47. The first-order chi connectivity index (χ1) is 19.3. The molecule has 0 amide bonds. The Morgan fingerprint density at radius 3 is 1.82 bits per heavy atom. The average molecular weight is 524 g/mol. The summed E-state index contributed by atoms with van der Waals surface area (Å²) in [5, 5.41) is 0. The second-order valence-electron chi connectivity index (χ2n) is 12.2. The van der Waals surface area contributed by atoms with Crippen molar-refractivity contribution in [1.82, 2.24) is 0 Å². The van der Waals surface area contributed by atoms with Crippen LogP contribution >= 0.6 is 0 Å². The van der Waals surface area contributed by atoms with Crippen LogP contribution in [0.2, 0.25) is 12.6 Å². The van der Waals surface area contributed by atoms with Crippen LogP contribution in [0.25, 0.3) is 11.1 Å². The lowest BCUT2D eigenvalue weighted by molar-refractivity contribution is 0.177. The van der Waals surface area contributed by atoms with Gasteiger partial charge in [-0.25, -0.2) is 9.98 Å². The topological polar surface area (TPSA) is 37.1 Å². The maximum Gasteiger partial charge on any atom is 0.176 e. The lowest BCUT2D eigenvalue weighted by Gasteiger charge is -2.35. The second kappa shape index (κ2) is 11.6. The zero-order valence-corrected chi connectivity index (χ0v) is 24.1. The average Bonchev–Trinajstić information content (AvgIpc) is 3.21. The molecule has 1 saturated heterocycles. The quantitative estimate of drug-likeness (QED) is 0.139. The van der Waals surface area contributed by atoms with Crippen molar-refractivity contribution in [3.8, 4) is 11.1 Å². The molecule has 1 heterocycles. The number of nitrogens with zero attached hydrogens (tertiary/aromatic N) is 3. The Hall–Kier alpha value is -4.05. The van der Waals surface area contributed by atoms with Gasteiger partial charge in [-0.3, -0.25) is 4.99 Å². The third-order valence-electron chi connectivity index (χ3n) is 8.83.